The molecule has 0 aliphatic carbocycles. The number of hydrogen-bond acceptors (Lipinski definition) is 3. The Labute approximate surface area is 114 Å². The van der Waals surface area contributed by atoms with Gasteiger partial charge in [0.15, 0.2) is 0 Å². The highest BCUT2D eigenvalue weighted by atomic mass is 35.5. The van der Waals surface area contributed by atoms with Gasteiger partial charge in [0.2, 0.25) is 0 Å². The van der Waals surface area contributed by atoms with E-state index in [1.807, 2.05) is 24.3 Å². The van der Waals surface area contributed by atoms with Crippen LogP contribution in [0.15, 0.2) is 39.6 Å². The zero-order chi connectivity index (χ0) is 12.3. The van der Waals surface area contributed by atoms with Gasteiger partial charge in [-0.2, -0.15) is 0 Å². The first-order valence-electron chi connectivity index (χ1n) is 5.04. The maximum absolute atomic E-state index is 5.94. The number of furan rings is 1. The lowest BCUT2D eigenvalue weighted by Crippen LogP contribution is -1.92. The second kappa shape index (κ2) is 5.83. The molecule has 0 bridgehead atoms. The highest BCUT2D eigenvalue weighted by Gasteiger charge is 2.04. The van der Waals surface area contributed by atoms with Gasteiger partial charge in [-0.1, -0.05) is 23.2 Å². The molecule has 0 spiro atoms. The van der Waals surface area contributed by atoms with Gasteiger partial charge < -0.3 is 10.2 Å². The predicted octanol–water partition coefficient (Wildman–Crippen LogP) is 4.34. The van der Waals surface area contributed by atoms with Crippen LogP contribution in [-0.4, -0.2) is 0 Å². The molecule has 0 aliphatic rings. The largest absolute Gasteiger partial charge is 0.464 e. The standard InChI is InChI=1S/C12H11Cl2NOS/c13-11-4-3-10(5-12(11)14)17-7-9-2-1-8(6-15)16-9/h1-5H,6-7,15H2. The average Bonchev–Trinajstić information content (AvgIpc) is 2.79. The van der Waals surface area contributed by atoms with Crippen LogP contribution in [0, 0.1) is 0 Å². The lowest BCUT2D eigenvalue weighted by Gasteiger charge is -2.01. The second-order valence-electron chi connectivity index (χ2n) is 3.44. The van der Waals surface area contributed by atoms with Crippen molar-refractivity contribution < 1.29 is 4.42 Å². The molecule has 2 rings (SSSR count). The molecule has 0 radical (unpaired) electrons. The summed E-state index contributed by atoms with van der Waals surface area (Å²) < 4.78 is 5.50. The Balaban J connectivity index is 1.99. The summed E-state index contributed by atoms with van der Waals surface area (Å²) in [6.45, 7) is 0.428. The van der Waals surface area contributed by atoms with E-state index in [0.29, 0.717) is 16.6 Å². The molecule has 2 N–H and O–H groups in total. The maximum atomic E-state index is 5.94. The highest BCUT2D eigenvalue weighted by Crippen LogP contribution is 2.30. The summed E-state index contributed by atoms with van der Waals surface area (Å²) in [5.74, 6) is 2.45. The van der Waals surface area contributed by atoms with E-state index in [1.54, 1.807) is 17.8 Å². The summed E-state index contributed by atoms with van der Waals surface area (Å²) in [4.78, 5) is 1.06. The van der Waals surface area contributed by atoms with Crippen LogP contribution in [0.4, 0.5) is 0 Å². The molecule has 1 aromatic heterocycles. The monoisotopic (exact) mass is 287 g/mol. The number of thioether (sulfide) groups is 1. The molecule has 0 fully saturated rings. The Bertz CT molecular complexity index is 513. The molecule has 0 aliphatic heterocycles. The summed E-state index contributed by atoms with van der Waals surface area (Å²) >= 11 is 13.4. The van der Waals surface area contributed by atoms with Crippen molar-refractivity contribution >= 4 is 35.0 Å². The molecule has 0 amide bonds. The summed E-state index contributed by atoms with van der Waals surface area (Å²) in [7, 11) is 0. The van der Waals surface area contributed by atoms with Gasteiger partial charge in [-0.05, 0) is 30.3 Å². The molecule has 1 heterocycles. The van der Waals surface area contributed by atoms with Crippen molar-refractivity contribution in [2.75, 3.05) is 0 Å². The van der Waals surface area contributed by atoms with Crippen molar-refractivity contribution in [3.05, 3.63) is 51.9 Å². The Hall–Kier alpha value is -0.610. The van der Waals surface area contributed by atoms with Crippen molar-refractivity contribution in [1.82, 2.24) is 0 Å². The molecule has 0 unspecified atom stereocenters. The zero-order valence-electron chi connectivity index (χ0n) is 8.95. The fourth-order valence-corrected chi connectivity index (χ4v) is 2.52. The Morgan fingerprint density at radius 1 is 1.06 bits per heavy atom. The third-order valence-electron chi connectivity index (χ3n) is 2.19. The third-order valence-corrected chi connectivity index (χ3v) is 3.95. The van der Waals surface area contributed by atoms with Crippen LogP contribution in [0.3, 0.4) is 0 Å². The minimum Gasteiger partial charge on any atom is -0.464 e. The van der Waals surface area contributed by atoms with Gasteiger partial charge in [-0.3, -0.25) is 0 Å². The quantitative estimate of drug-likeness (QED) is 0.851. The van der Waals surface area contributed by atoms with Crippen LogP contribution < -0.4 is 5.73 Å². The van der Waals surface area contributed by atoms with Crippen LogP contribution >= 0.6 is 35.0 Å². The normalized spacial score (nSPS) is 10.8. The first-order chi connectivity index (χ1) is 8.19. The van der Waals surface area contributed by atoms with Crippen LogP contribution in [0.1, 0.15) is 11.5 Å². The van der Waals surface area contributed by atoms with E-state index in [9.17, 15) is 0 Å². The molecule has 2 nitrogen and oxygen atoms in total. The number of rotatable bonds is 4. The predicted molar refractivity (Wildman–Crippen MR) is 72.6 cm³/mol. The second-order valence-corrected chi connectivity index (χ2v) is 5.30. The summed E-state index contributed by atoms with van der Waals surface area (Å²) in [5.41, 5.74) is 5.47. The van der Waals surface area contributed by atoms with Crippen molar-refractivity contribution in [3.8, 4) is 0 Å². The van der Waals surface area contributed by atoms with Crippen molar-refractivity contribution in [2.45, 2.75) is 17.2 Å². The van der Waals surface area contributed by atoms with Gasteiger partial charge in [-0.25, -0.2) is 0 Å². The van der Waals surface area contributed by atoms with Crippen LogP contribution in [0.5, 0.6) is 0 Å². The summed E-state index contributed by atoms with van der Waals surface area (Å²) in [6, 6.07) is 9.41. The van der Waals surface area contributed by atoms with Crippen molar-refractivity contribution in [1.29, 1.82) is 0 Å². The van der Waals surface area contributed by atoms with E-state index < -0.39 is 0 Å². The van der Waals surface area contributed by atoms with Crippen LogP contribution in [0.25, 0.3) is 0 Å². The molecular weight excluding hydrogens is 277 g/mol. The Morgan fingerprint density at radius 2 is 1.82 bits per heavy atom. The van der Waals surface area contributed by atoms with Gasteiger partial charge >= 0.3 is 0 Å². The van der Waals surface area contributed by atoms with Gasteiger partial charge in [0, 0.05) is 4.90 Å². The number of halogens is 2. The van der Waals surface area contributed by atoms with E-state index in [2.05, 4.69) is 0 Å². The average molecular weight is 288 g/mol. The molecular formula is C12H11Cl2NOS. The Kier molecular flexibility index (Phi) is 4.40. The summed E-state index contributed by atoms with van der Waals surface area (Å²) in [6.07, 6.45) is 0. The molecule has 5 heteroatoms. The highest BCUT2D eigenvalue weighted by molar-refractivity contribution is 7.98. The molecule has 0 saturated carbocycles. The van der Waals surface area contributed by atoms with Gasteiger partial charge in [0.1, 0.15) is 11.5 Å². The smallest absolute Gasteiger partial charge is 0.117 e. The van der Waals surface area contributed by atoms with E-state index >= 15 is 0 Å². The van der Waals surface area contributed by atoms with Crippen LogP contribution in [0.2, 0.25) is 10.0 Å². The molecule has 90 valence electrons. The van der Waals surface area contributed by atoms with Gasteiger partial charge in [0.25, 0.3) is 0 Å². The number of benzene rings is 1. The Morgan fingerprint density at radius 3 is 2.47 bits per heavy atom. The molecule has 1 aromatic carbocycles. The van der Waals surface area contributed by atoms with E-state index in [1.165, 1.54) is 0 Å². The minimum atomic E-state index is 0.428. The molecule has 17 heavy (non-hydrogen) atoms. The molecule has 2 aromatic rings. The minimum absolute atomic E-state index is 0.428. The molecule has 0 saturated heterocycles. The van der Waals surface area contributed by atoms with Crippen LogP contribution in [-0.2, 0) is 12.3 Å². The fourth-order valence-electron chi connectivity index (χ4n) is 1.33. The third kappa shape index (κ3) is 3.42. The van der Waals surface area contributed by atoms with Crippen molar-refractivity contribution in [2.24, 2.45) is 5.73 Å². The number of hydrogen-bond donors (Lipinski definition) is 1. The summed E-state index contributed by atoms with van der Waals surface area (Å²) in [5, 5.41) is 1.14. The van der Waals surface area contributed by atoms with Crippen molar-refractivity contribution in [3.63, 3.8) is 0 Å². The van der Waals surface area contributed by atoms with E-state index in [4.69, 9.17) is 33.4 Å². The first kappa shape index (κ1) is 12.8. The first-order valence-corrected chi connectivity index (χ1v) is 6.78. The topological polar surface area (TPSA) is 39.2 Å². The number of nitrogens with two attached hydrogens (primary N) is 1. The lowest BCUT2D eigenvalue weighted by molar-refractivity contribution is 0.482. The molecule has 0 atom stereocenters. The fraction of sp³-hybridized carbons (Fsp3) is 0.167. The lowest BCUT2D eigenvalue weighted by atomic mass is 10.4. The zero-order valence-corrected chi connectivity index (χ0v) is 11.3. The van der Waals surface area contributed by atoms with E-state index in [0.717, 1.165) is 22.2 Å². The van der Waals surface area contributed by atoms with Gasteiger partial charge in [-0.15, -0.1) is 11.8 Å². The van der Waals surface area contributed by atoms with Gasteiger partial charge in [0.05, 0.1) is 22.3 Å². The SMILES string of the molecule is NCc1ccc(CSc2ccc(Cl)c(Cl)c2)o1. The van der Waals surface area contributed by atoms with E-state index in [-0.39, 0.29) is 0 Å². The maximum Gasteiger partial charge on any atom is 0.117 e.